The summed E-state index contributed by atoms with van der Waals surface area (Å²) in [5, 5.41) is 5.88. The molecule has 0 fully saturated rings. The summed E-state index contributed by atoms with van der Waals surface area (Å²) in [6.07, 6.45) is 2.61. The number of Topliss-reactive ketones (excluding diaryl/α,β-unsaturated/α-hetero) is 1. The van der Waals surface area contributed by atoms with Crippen LogP contribution in [0.5, 0.6) is 5.75 Å². The van der Waals surface area contributed by atoms with E-state index in [1.165, 1.54) is 12.4 Å². The average molecular weight is 574 g/mol. The zero-order valence-electron chi connectivity index (χ0n) is 16.5. The van der Waals surface area contributed by atoms with E-state index in [2.05, 4.69) is 15.6 Å². The van der Waals surface area contributed by atoms with Crippen molar-refractivity contribution in [3.63, 3.8) is 0 Å². The fraction of sp³-hybridized carbons (Fsp3) is 0.238. The molecule has 1 amide bonds. The Morgan fingerprint density at radius 3 is 2.35 bits per heavy atom. The molecule has 3 rings (SSSR count). The number of para-hydroxylation sites is 1. The number of carbonyl (C=O) groups excluding carboxylic acids is 3. The zero-order chi connectivity index (χ0) is 22.8. The molecule has 2 N–H and O–H groups in total. The van der Waals surface area contributed by atoms with E-state index in [-0.39, 0.29) is 27.9 Å². The minimum atomic E-state index is -0.962. The Morgan fingerprint density at radius 2 is 1.77 bits per heavy atom. The number of benzene rings is 1. The third kappa shape index (κ3) is 5.02. The van der Waals surface area contributed by atoms with Crippen molar-refractivity contribution in [2.45, 2.75) is 19.9 Å². The van der Waals surface area contributed by atoms with E-state index in [1.54, 1.807) is 44.2 Å². The number of allylic oxidation sites excluding steroid dienone is 2. The summed E-state index contributed by atoms with van der Waals surface area (Å²) in [4.78, 5) is 41.4. The van der Waals surface area contributed by atoms with Gasteiger partial charge >= 0.3 is 5.97 Å². The van der Waals surface area contributed by atoms with Gasteiger partial charge in [-0.15, -0.1) is 0 Å². The van der Waals surface area contributed by atoms with Crippen LogP contribution in [-0.4, -0.2) is 35.2 Å². The molecule has 0 saturated carbocycles. The number of nitrogens with zero attached hydrogens (tertiary/aromatic N) is 1. The molecular weight excluding hydrogens is 556 g/mol. The number of carbonyl (C=O) groups is 3. The molecule has 2 aromatic rings. The van der Waals surface area contributed by atoms with Crippen LogP contribution in [0.3, 0.4) is 0 Å². The first kappa shape index (κ1) is 23.5. The molecule has 1 aromatic carbocycles. The third-order valence-electron chi connectivity index (χ3n) is 4.72. The number of aromatic nitrogens is 1. The van der Waals surface area contributed by atoms with E-state index in [9.17, 15) is 14.4 Å². The van der Waals surface area contributed by atoms with Crippen molar-refractivity contribution < 1.29 is 19.1 Å². The summed E-state index contributed by atoms with van der Waals surface area (Å²) in [6.45, 7) is 3.39. The van der Waals surface area contributed by atoms with Crippen LogP contribution in [0.2, 0.25) is 10.0 Å². The fourth-order valence-electron chi connectivity index (χ4n) is 2.91. The molecule has 1 aliphatic carbocycles. The molecule has 0 radical (unpaired) electrons. The fourth-order valence-corrected chi connectivity index (χ4v) is 4.95. The number of ether oxygens (including phenoxy) is 1. The quantitative estimate of drug-likeness (QED) is 0.296. The largest absolute Gasteiger partial charge is 0.425 e. The van der Waals surface area contributed by atoms with Crippen molar-refractivity contribution >= 4 is 63.5 Å². The molecule has 0 saturated heterocycles. The Balaban J connectivity index is 1.79. The van der Waals surface area contributed by atoms with Gasteiger partial charge in [-0.25, -0.2) is 4.79 Å². The third-order valence-corrected chi connectivity index (χ3v) is 6.33. The van der Waals surface area contributed by atoms with E-state index in [1.807, 2.05) is 22.6 Å². The van der Waals surface area contributed by atoms with E-state index in [4.69, 9.17) is 27.9 Å². The highest BCUT2D eigenvalue weighted by molar-refractivity contribution is 14.1. The average Bonchev–Trinajstić information content (AvgIpc) is 2.73. The lowest BCUT2D eigenvalue weighted by Gasteiger charge is -2.38. The number of nitrogens with one attached hydrogen (secondary N) is 2. The molecule has 0 spiro atoms. The Labute approximate surface area is 202 Å². The minimum absolute atomic E-state index is 0.0230. The molecule has 1 aliphatic rings. The normalized spacial score (nSPS) is 15.7. The molecule has 1 aromatic heterocycles. The lowest BCUT2D eigenvalue weighted by Crippen LogP contribution is -2.53. The first-order chi connectivity index (χ1) is 14.6. The number of pyridine rings is 1. The standard InChI is InChI=1S/C21H18Cl2IN3O4/c1-21(2)17(16(24)18(21)28)27-14(20(30)31-11-6-4-3-5-7-11)10-26-19(29)15-12(22)8-25-9-13(15)23/h3-9,14,27H,10H2,1-2H3,(H,26,29)/t14-/m0/s1. The second-order valence-electron chi connectivity index (χ2n) is 7.26. The summed E-state index contributed by atoms with van der Waals surface area (Å²) in [5.41, 5.74) is -0.0902. The Kier molecular flexibility index (Phi) is 7.23. The Hall–Kier alpha value is -2.17. The second-order valence-corrected chi connectivity index (χ2v) is 9.16. The van der Waals surface area contributed by atoms with Gasteiger partial charge in [0.2, 0.25) is 0 Å². The first-order valence-electron chi connectivity index (χ1n) is 9.18. The molecular formula is C21H18Cl2IN3O4. The highest BCUT2D eigenvalue weighted by Crippen LogP contribution is 2.44. The van der Waals surface area contributed by atoms with Gasteiger partial charge in [0, 0.05) is 24.6 Å². The van der Waals surface area contributed by atoms with Crippen molar-refractivity contribution in [2.75, 3.05) is 6.54 Å². The Morgan fingerprint density at radius 1 is 1.16 bits per heavy atom. The van der Waals surface area contributed by atoms with Crippen LogP contribution in [0.4, 0.5) is 0 Å². The van der Waals surface area contributed by atoms with Crippen molar-refractivity contribution in [1.82, 2.24) is 15.6 Å². The maximum atomic E-state index is 12.9. The number of rotatable bonds is 7. The maximum Gasteiger partial charge on any atom is 0.335 e. The second kappa shape index (κ2) is 9.54. The van der Waals surface area contributed by atoms with Crippen LogP contribution in [0, 0.1) is 5.41 Å². The number of ketones is 1. The lowest BCUT2D eigenvalue weighted by atomic mass is 9.74. The van der Waals surface area contributed by atoms with E-state index < -0.39 is 23.3 Å². The van der Waals surface area contributed by atoms with E-state index >= 15 is 0 Å². The predicted octanol–water partition coefficient (Wildman–Crippen LogP) is 3.94. The lowest BCUT2D eigenvalue weighted by molar-refractivity contribution is -0.137. The summed E-state index contributed by atoms with van der Waals surface area (Å²) < 4.78 is 5.94. The highest BCUT2D eigenvalue weighted by Gasteiger charge is 2.46. The maximum absolute atomic E-state index is 12.9. The van der Waals surface area contributed by atoms with Crippen LogP contribution >= 0.6 is 45.8 Å². The van der Waals surface area contributed by atoms with Crippen LogP contribution in [0.1, 0.15) is 24.2 Å². The van der Waals surface area contributed by atoms with Gasteiger partial charge in [-0.2, -0.15) is 0 Å². The van der Waals surface area contributed by atoms with Gasteiger partial charge in [-0.3, -0.25) is 14.6 Å². The minimum Gasteiger partial charge on any atom is -0.425 e. The number of halogens is 3. The van der Waals surface area contributed by atoms with Crippen molar-refractivity contribution in [2.24, 2.45) is 5.41 Å². The molecule has 0 unspecified atom stereocenters. The molecule has 31 heavy (non-hydrogen) atoms. The topological polar surface area (TPSA) is 97.4 Å². The van der Waals surface area contributed by atoms with Gasteiger partial charge < -0.3 is 15.4 Å². The summed E-state index contributed by atoms with van der Waals surface area (Å²) >= 11 is 14.0. The van der Waals surface area contributed by atoms with Gasteiger partial charge in [0.1, 0.15) is 11.8 Å². The zero-order valence-corrected chi connectivity index (χ0v) is 20.2. The van der Waals surface area contributed by atoms with E-state index in [0.29, 0.717) is 15.0 Å². The van der Waals surface area contributed by atoms with Crippen molar-refractivity contribution in [3.05, 3.63) is 67.6 Å². The predicted molar refractivity (Wildman–Crippen MR) is 125 cm³/mol. The van der Waals surface area contributed by atoms with Crippen LogP contribution < -0.4 is 15.4 Å². The van der Waals surface area contributed by atoms with Gasteiger partial charge in [-0.05, 0) is 48.6 Å². The van der Waals surface area contributed by atoms with Gasteiger partial charge in [0.25, 0.3) is 5.91 Å². The summed E-state index contributed by atoms with van der Waals surface area (Å²) in [6, 6.07) is 7.59. The molecule has 10 heteroatoms. The number of hydrogen-bond acceptors (Lipinski definition) is 6. The highest BCUT2D eigenvalue weighted by atomic mass is 127. The molecule has 1 atom stereocenters. The molecule has 1 heterocycles. The number of hydrogen-bond donors (Lipinski definition) is 2. The molecule has 0 bridgehead atoms. The van der Waals surface area contributed by atoms with Crippen LogP contribution in [-0.2, 0) is 9.59 Å². The van der Waals surface area contributed by atoms with Gasteiger partial charge in [0.15, 0.2) is 5.78 Å². The molecule has 7 nitrogen and oxygen atoms in total. The van der Waals surface area contributed by atoms with Crippen LogP contribution in [0.15, 0.2) is 52.0 Å². The number of amides is 1. The van der Waals surface area contributed by atoms with Gasteiger partial charge in [-0.1, -0.05) is 41.4 Å². The number of esters is 1. The molecule has 162 valence electrons. The SMILES string of the molecule is CC1(C)C(=O)C(I)=C1N[C@@H](CNC(=O)c1c(Cl)cncc1Cl)C(=O)Oc1ccccc1. The Bertz CT molecular complexity index is 1050. The summed E-state index contributed by atoms with van der Waals surface area (Å²) in [7, 11) is 0. The van der Waals surface area contributed by atoms with Gasteiger partial charge in [0.05, 0.1) is 24.6 Å². The summed E-state index contributed by atoms with van der Waals surface area (Å²) in [5.74, 6) is -0.849. The first-order valence-corrected chi connectivity index (χ1v) is 11.0. The van der Waals surface area contributed by atoms with Crippen molar-refractivity contribution in [1.29, 1.82) is 0 Å². The van der Waals surface area contributed by atoms with E-state index in [0.717, 1.165) is 0 Å². The van der Waals surface area contributed by atoms with Crippen LogP contribution in [0.25, 0.3) is 0 Å². The smallest absolute Gasteiger partial charge is 0.335 e. The molecule has 0 aliphatic heterocycles. The van der Waals surface area contributed by atoms with Crippen molar-refractivity contribution in [3.8, 4) is 5.75 Å². The monoisotopic (exact) mass is 573 g/mol.